The van der Waals surface area contributed by atoms with Gasteiger partial charge in [0.05, 0.1) is 24.7 Å². The lowest BCUT2D eigenvalue weighted by atomic mass is 9.93. The predicted molar refractivity (Wildman–Crippen MR) is 116 cm³/mol. The number of carbonyl (C=O) groups excluding carboxylic acids is 2. The summed E-state index contributed by atoms with van der Waals surface area (Å²) < 4.78 is 0. The first kappa shape index (κ1) is 21.2. The number of likely N-dealkylation sites (tertiary alicyclic amines) is 3. The summed E-state index contributed by atoms with van der Waals surface area (Å²) in [5.41, 5.74) is 0.893. The molecule has 1 N–H and O–H groups in total. The Hall–Kier alpha value is -1.99. The molecule has 3 fully saturated rings. The van der Waals surface area contributed by atoms with Crippen LogP contribution in [0, 0.1) is 5.92 Å². The van der Waals surface area contributed by atoms with E-state index < -0.39 is 0 Å². The molecule has 0 bridgehead atoms. The molecule has 0 aliphatic carbocycles. The van der Waals surface area contributed by atoms with E-state index in [0.29, 0.717) is 25.0 Å². The van der Waals surface area contributed by atoms with E-state index in [4.69, 9.17) is 0 Å². The van der Waals surface area contributed by atoms with Crippen molar-refractivity contribution in [3.8, 4) is 0 Å². The largest absolute Gasteiger partial charge is 0.350 e. The number of hydrogen-bond donors (Lipinski definition) is 1. The zero-order chi connectivity index (χ0) is 20.8. The molecule has 7 heteroatoms. The van der Waals surface area contributed by atoms with Crippen LogP contribution in [0.3, 0.4) is 0 Å². The summed E-state index contributed by atoms with van der Waals surface area (Å²) in [7, 11) is 0. The molecule has 0 spiro atoms. The number of hydrogen-bond acceptors (Lipinski definition) is 5. The maximum Gasteiger partial charge on any atom is 0.236 e. The van der Waals surface area contributed by atoms with Crippen molar-refractivity contribution in [1.82, 2.24) is 25.0 Å². The van der Waals surface area contributed by atoms with Crippen LogP contribution >= 0.6 is 0 Å². The fraction of sp³-hybridized carbons (Fsp3) is 0.696. The molecule has 3 aliphatic rings. The third kappa shape index (κ3) is 5.58. The number of aromatic nitrogens is 1. The van der Waals surface area contributed by atoms with E-state index in [2.05, 4.69) is 25.0 Å². The highest BCUT2D eigenvalue weighted by atomic mass is 16.2. The molecule has 1 aromatic heterocycles. The second-order valence-electron chi connectivity index (χ2n) is 8.97. The Balaban J connectivity index is 1.21. The quantitative estimate of drug-likeness (QED) is 0.765. The fourth-order valence-corrected chi connectivity index (χ4v) is 5.09. The molecular formula is C23H35N5O2. The van der Waals surface area contributed by atoms with Crippen molar-refractivity contribution in [3.05, 3.63) is 30.1 Å². The van der Waals surface area contributed by atoms with Gasteiger partial charge in [-0.15, -0.1) is 0 Å². The van der Waals surface area contributed by atoms with Gasteiger partial charge in [-0.2, -0.15) is 0 Å². The van der Waals surface area contributed by atoms with Gasteiger partial charge in [-0.1, -0.05) is 6.07 Å². The van der Waals surface area contributed by atoms with E-state index in [9.17, 15) is 9.59 Å². The Kier molecular flexibility index (Phi) is 7.33. The number of nitrogens with one attached hydrogen (secondary N) is 1. The van der Waals surface area contributed by atoms with Crippen molar-refractivity contribution in [1.29, 1.82) is 0 Å². The first-order valence-corrected chi connectivity index (χ1v) is 11.6. The molecule has 30 heavy (non-hydrogen) atoms. The average molecular weight is 414 g/mol. The fourth-order valence-electron chi connectivity index (χ4n) is 5.09. The molecule has 2 amide bonds. The summed E-state index contributed by atoms with van der Waals surface area (Å²) in [5, 5.41) is 3.06. The molecule has 0 saturated carbocycles. The average Bonchev–Trinajstić information content (AvgIpc) is 3.31. The first-order chi connectivity index (χ1) is 14.7. The van der Waals surface area contributed by atoms with Crippen LogP contribution in [0.1, 0.15) is 44.2 Å². The molecule has 1 aromatic rings. The molecule has 3 saturated heterocycles. The zero-order valence-electron chi connectivity index (χ0n) is 18.0. The number of piperidine rings is 2. The molecule has 4 rings (SSSR count). The Bertz CT molecular complexity index is 699. The summed E-state index contributed by atoms with van der Waals surface area (Å²) in [6, 6.07) is 6.26. The topological polar surface area (TPSA) is 68.8 Å². The summed E-state index contributed by atoms with van der Waals surface area (Å²) >= 11 is 0. The monoisotopic (exact) mass is 413 g/mol. The minimum absolute atomic E-state index is 0.0530. The van der Waals surface area contributed by atoms with Gasteiger partial charge in [0.15, 0.2) is 0 Å². The van der Waals surface area contributed by atoms with Crippen molar-refractivity contribution >= 4 is 11.8 Å². The van der Waals surface area contributed by atoms with Crippen LogP contribution < -0.4 is 5.32 Å². The molecule has 1 unspecified atom stereocenters. The van der Waals surface area contributed by atoms with Gasteiger partial charge in [0.2, 0.25) is 11.8 Å². The van der Waals surface area contributed by atoms with Crippen molar-refractivity contribution in [2.24, 2.45) is 5.92 Å². The molecule has 1 atom stereocenters. The maximum atomic E-state index is 12.7. The van der Waals surface area contributed by atoms with Crippen LogP contribution in [0.25, 0.3) is 0 Å². The summed E-state index contributed by atoms with van der Waals surface area (Å²) in [6.07, 6.45) is 8.27. The van der Waals surface area contributed by atoms with E-state index in [-0.39, 0.29) is 11.8 Å². The van der Waals surface area contributed by atoms with E-state index in [1.54, 1.807) is 6.20 Å². The molecule has 164 valence electrons. The van der Waals surface area contributed by atoms with E-state index >= 15 is 0 Å². The highest BCUT2D eigenvalue weighted by Crippen LogP contribution is 2.24. The lowest BCUT2D eigenvalue weighted by Crippen LogP contribution is -2.52. The lowest BCUT2D eigenvalue weighted by molar-refractivity contribution is -0.133. The maximum absolute atomic E-state index is 12.7. The second kappa shape index (κ2) is 10.4. The van der Waals surface area contributed by atoms with Crippen LogP contribution in [0.15, 0.2) is 24.4 Å². The third-order valence-corrected chi connectivity index (χ3v) is 6.88. The minimum atomic E-state index is 0.0530. The van der Waals surface area contributed by atoms with Crippen molar-refractivity contribution in [2.75, 3.05) is 45.8 Å². The number of nitrogens with zero attached hydrogens (tertiary/aromatic N) is 4. The van der Waals surface area contributed by atoms with Crippen molar-refractivity contribution in [2.45, 2.75) is 51.1 Å². The lowest BCUT2D eigenvalue weighted by Gasteiger charge is -2.42. The Morgan fingerprint density at radius 3 is 2.53 bits per heavy atom. The summed E-state index contributed by atoms with van der Waals surface area (Å²) in [5.74, 6) is 0.488. The van der Waals surface area contributed by atoms with E-state index in [1.165, 1.54) is 12.8 Å². The molecule has 4 heterocycles. The summed E-state index contributed by atoms with van der Waals surface area (Å²) in [6.45, 7) is 6.83. The predicted octanol–water partition coefficient (Wildman–Crippen LogP) is 1.50. The normalized spacial score (nSPS) is 24.1. The Morgan fingerprint density at radius 2 is 1.80 bits per heavy atom. The number of carbonyl (C=O) groups is 2. The smallest absolute Gasteiger partial charge is 0.236 e. The van der Waals surface area contributed by atoms with Crippen LogP contribution in [0.4, 0.5) is 0 Å². The van der Waals surface area contributed by atoms with Crippen LogP contribution in [-0.2, 0) is 16.1 Å². The molecule has 3 aliphatic heterocycles. The van der Waals surface area contributed by atoms with Crippen LogP contribution in [0.2, 0.25) is 0 Å². The molecule has 7 nitrogen and oxygen atoms in total. The van der Waals surface area contributed by atoms with Gasteiger partial charge in [-0.3, -0.25) is 24.4 Å². The van der Waals surface area contributed by atoms with Gasteiger partial charge in [0, 0.05) is 31.9 Å². The van der Waals surface area contributed by atoms with Crippen molar-refractivity contribution in [3.63, 3.8) is 0 Å². The van der Waals surface area contributed by atoms with Crippen LogP contribution in [0.5, 0.6) is 0 Å². The van der Waals surface area contributed by atoms with Gasteiger partial charge in [-0.25, -0.2) is 0 Å². The van der Waals surface area contributed by atoms with Crippen molar-refractivity contribution < 1.29 is 9.59 Å². The Morgan fingerprint density at radius 1 is 1.00 bits per heavy atom. The summed E-state index contributed by atoms with van der Waals surface area (Å²) in [4.78, 5) is 36.4. The highest BCUT2D eigenvalue weighted by molar-refractivity contribution is 5.79. The van der Waals surface area contributed by atoms with Crippen LogP contribution in [-0.4, -0.2) is 83.4 Å². The third-order valence-electron chi connectivity index (χ3n) is 6.88. The van der Waals surface area contributed by atoms with E-state index in [0.717, 1.165) is 70.6 Å². The highest BCUT2D eigenvalue weighted by Gasteiger charge is 2.32. The first-order valence-electron chi connectivity index (χ1n) is 11.6. The minimum Gasteiger partial charge on any atom is -0.350 e. The number of amides is 2. The standard InChI is InChI=1S/C23H35N5O2/c29-22(18-26-11-3-4-12-26)27-14-8-21(9-15-27)28-13-5-6-19(17-28)23(30)25-16-20-7-1-2-10-24-20/h1-2,7,10,19,21H,3-6,8-9,11-18H2,(H,25,30). The molecule has 0 aromatic carbocycles. The zero-order valence-corrected chi connectivity index (χ0v) is 18.0. The van der Waals surface area contributed by atoms with Gasteiger partial charge in [0.1, 0.15) is 0 Å². The second-order valence-corrected chi connectivity index (χ2v) is 8.97. The Labute approximate surface area is 179 Å². The van der Waals surface area contributed by atoms with Gasteiger partial charge < -0.3 is 10.2 Å². The molecule has 0 radical (unpaired) electrons. The number of rotatable bonds is 6. The van der Waals surface area contributed by atoms with Gasteiger partial charge in [0.25, 0.3) is 0 Å². The van der Waals surface area contributed by atoms with E-state index in [1.807, 2.05) is 18.2 Å². The SMILES string of the molecule is O=C(NCc1ccccn1)C1CCCN(C2CCN(C(=O)CN3CCCC3)CC2)C1. The van der Waals surface area contributed by atoms with Gasteiger partial charge in [-0.05, 0) is 70.3 Å². The van der Waals surface area contributed by atoms with Gasteiger partial charge >= 0.3 is 0 Å². The number of pyridine rings is 1. The molecular weight excluding hydrogens is 378 g/mol.